The van der Waals surface area contributed by atoms with E-state index in [0.29, 0.717) is 29.4 Å². The lowest BCUT2D eigenvalue weighted by Crippen LogP contribution is -2.39. The van der Waals surface area contributed by atoms with Crippen LogP contribution in [-0.2, 0) is 11.3 Å². The molecule has 0 bridgehead atoms. The number of aromatic nitrogens is 2. The summed E-state index contributed by atoms with van der Waals surface area (Å²) < 4.78 is 25.5. The van der Waals surface area contributed by atoms with E-state index in [1.807, 2.05) is 13.0 Å². The lowest BCUT2D eigenvalue weighted by molar-refractivity contribution is -0.127. The van der Waals surface area contributed by atoms with E-state index < -0.39 is 6.10 Å². The minimum absolute atomic E-state index is 0.187. The van der Waals surface area contributed by atoms with Crippen LogP contribution in [-0.4, -0.2) is 34.9 Å². The van der Waals surface area contributed by atoms with Crippen LogP contribution in [0.3, 0.4) is 0 Å². The number of benzene rings is 2. The van der Waals surface area contributed by atoms with Crippen LogP contribution in [0.25, 0.3) is 11.3 Å². The zero-order valence-corrected chi connectivity index (χ0v) is 17.4. The SMILES string of the molecule is CCOc1cccc(OC(C)C(=O)NCCn2nc(-c3ccc(F)cc3)ccc2=O)c1. The molecular formula is C23H24FN3O4. The van der Waals surface area contributed by atoms with Gasteiger partial charge in [0.2, 0.25) is 0 Å². The molecule has 3 aromatic rings. The number of amides is 1. The predicted octanol–water partition coefficient (Wildman–Crippen LogP) is 3.03. The van der Waals surface area contributed by atoms with Crippen LogP contribution in [0.1, 0.15) is 13.8 Å². The zero-order valence-electron chi connectivity index (χ0n) is 17.4. The van der Waals surface area contributed by atoms with Crippen molar-refractivity contribution in [1.29, 1.82) is 0 Å². The van der Waals surface area contributed by atoms with Crippen LogP contribution < -0.4 is 20.3 Å². The third kappa shape index (κ3) is 6.15. The molecule has 3 rings (SSSR count). The summed E-state index contributed by atoms with van der Waals surface area (Å²) in [6.07, 6.45) is -0.730. The largest absolute Gasteiger partial charge is 0.494 e. The predicted molar refractivity (Wildman–Crippen MR) is 115 cm³/mol. The van der Waals surface area contributed by atoms with Gasteiger partial charge in [0.25, 0.3) is 11.5 Å². The second-order valence-corrected chi connectivity index (χ2v) is 6.75. The Bertz CT molecular complexity index is 1080. The summed E-state index contributed by atoms with van der Waals surface area (Å²) >= 11 is 0. The minimum atomic E-state index is -0.730. The molecule has 1 N–H and O–H groups in total. The van der Waals surface area contributed by atoms with Crippen LogP contribution in [0.15, 0.2) is 65.5 Å². The Morgan fingerprint density at radius 2 is 1.87 bits per heavy atom. The fraction of sp³-hybridized carbons (Fsp3) is 0.261. The van der Waals surface area contributed by atoms with Gasteiger partial charge in [-0.05, 0) is 56.3 Å². The Morgan fingerprint density at radius 1 is 1.13 bits per heavy atom. The highest BCUT2D eigenvalue weighted by Gasteiger charge is 2.15. The fourth-order valence-electron chi connectivity index (χ4n) is 2.87. The van der Waals surface area contributed by atoms with Crippen molar-refractivity contribution < 1.29 is 18.7 Å². The first-order chi connectivity index (χ1) is 15.0. The van der Waals surface area contributed by atoms with Crippen molar-refractivity contribution in [1.82, 2.24) is 15.1 Å². The molecule has 0 fully saturated rings. The van der Waals surface area contributed by atoms with Crippen LogP contribution in [0.2, 0.25) is 0 Å². The molecule has 0 aliphatic heterocycles. The maximum atomic E-state index is 13.1. The lowest BCUT2D eigenvalue weighted by atomic mass is 10.1. The van der Waals surface area contributed by atoms with Gasteiger partial charge in [0.15, 0.2) is 6.10 Å². The summed E-state index contributed by atoms with van der Waals surface area (Å²) in [4.78, 5) is 24.4. The quantitative estimate of drug-likeness (QED) is 0.570. The maximum absolute atomic E-state index is 13.1. The Balaban J connectivity index is 1.56. The average Bonchev–Trinajstić information content (AvgIpc) is 2.76. The van der Waals surface area contributed by atoms with Crippen LogP contribution in [0, 0.1) is 5.82 Å². The van der Waals surface area contributed by atoms with E-state index in [0.717, 1.165) is 0 Å². The van der Waals surface area contributed by atoms with Gasteiger partial charge in [-0.15, -0.1) is 0 Å². The molecule has 7 nitrogen and oxygen atoms in total. The third-order valence-electron chi connectivity index (χ3n) is 4.43. The molecule has 2 aromatic carbocycles. The average molecular weight is 425 g/mol. The molecule has 162 valence electrons. The summed E-state index contributed by atoms with van der Waals surface area (Å²) in [5, 5.41) is 7.03. The molecule has 1 heterocycles. The summed E-state index contributed by atoms with van der Waals surface area (Å²) in [5.74, 6) is 0.530. The summed E-state index contributed by atoms with van der Waals surface area (Å²) in [7, 11) is 0. The maximum Gasteiger partial charge on any atom is 0.266 e. The summed E-state index contributed by atoms with van der Waals surface area (Å²) in [6, 6.07) is 15.9. The summed E-state index contributed by atoms with van der Waals surface area (Å²) in [6.45, 7) is 4.45. The number of carbonyl (C=O) groups excluding carboxylic acids is 1. The Labute approximate surface area is 179 Å². The van der Waals surface area contributed by atoms with E-state index >= 15 is 0 Å². The van der Waals surface area contributed by atoms with Crippen molar-refractivity contribution in [3.8, 4) is 22.8 Å². The van der Waals surface area contributed by atoms with E-state index in [4.69, 9.17) is 9.47 Å². The van der Waals surface area contributed by atoms with Gasteiger partial charge in [-0.1, -0.05) is 6.07 Å². The normalized spacial score (nSPS) is 11.6. The molecule has 1 unspecified atom stereocenters. The molecular weight excluding hydrogens is 401 g/mol. The number of nitrogens with zero attached hydrogens (tertiary/aromatic N) is 2. The van der Waals surface area contributed by atoms with E-state index in [9.17, 15) is 14.0 Å². The zero-order chi connectivity index (χ0) is 22.2. The highest BCUT2D eigenvalue weighted by atomic mass is 19.1. The molecule has 8 heteroatoms. The van der Waals surface area contributed by atoms with Crippen molar-refractivity contribution in [3.63, 3.8) is 0 Å². The van der Waals surface area contributed by atoms with Gasteiger partial charge in [-0.25, -0.2) is 9.07 Å². The highest BCUT2D eigenvalue weighted by molar-refractivity contribution is 5.80. The van der Waals surface area contributed by atoms with E-state index in [2.05, 4.69) is 10.4 Å². The van der Waals surface area contributed by atoms with Crippen molar-refractivity contribution in [3.05, 3.63) is 76.8 Å². The van der Waals surface area contributed by atoms with Gasteiger partial charge in [0.1, 0.15) is 17.3 Å². The molecule has 1 atom stereocenters. The Morgan fingerprint density at radius 3 is 2.61 bits per heavy atom. The molecule has 31 heavy (non-hydrogen) atoms. The van der Waals surface area contributed by atoms with Gasteiger partial charge in [0, 0.05) is 24.2 Å². The number of carbonyl (C=O) groups is 1. The van der Waals surface area contributed by atoms with Gasteiger partial charge in [-0.3, -0.25) is 9.59 Å². The van der Waals surface area contributed by atoms with Gasteiger partial charge in [0.05, 0.1) is 18.8 Å². The number of hydrogen-bond donors (Lipinski definition) is 1. The highest BCUT2D eigenvalue weighted by Crippen LogP contribution is 2.20. The van der Waals surface area contributed by atoms with Crippen LogP contribution in [0.4, 0.5) is 4.39 Å². The Hall–Kier alpha value is -3.68. The number of nitrogens with one attached hydrogen (secondary N) is 1. The van der Waals surface area contributed by atoms with Gasteiger partial charge in [-0.2, -0.15) is 5.10 Å². The molecule has 1 aromatic heterocycles. The van der Waals surface area contributed by atoms with Crippen LogP contribution in [0.5, 0.6) is 11.5 Å². The number of ether oxygens (including phenoxy) is 2. The lowest BCUT2D eigenvalue weighted by Gasteiger charge is -2.15. The Kier molecular flexibility index (Phi) is 7.37. The minimum Gasteiger partial charge on any atom is -0.494 e. The molecule has 0 spiro atoms. The third-order valence-corrected chi connectivity index (χ3v) is 4.43. The van der Waals surface area contributed by atoms with Crippen molar-refractivity contribution in [2.75, 3.05) is 13.2 Å². The monoisotopic (exact) mass is 425 g/mol. The first-order valence-electron chi connectivity index (χ1n) is 9.97. The van der Waals surface area contributed by atoms with Gasteiger partial charge < -0.3 is 14.8 Å². The molecule has 0 saturated carbocycles. The fourth-order valence-corrected chi connectivity index (χ4v) is 2.87. The number of rotatable bonds is 9. The summed E-state index contributed by atoms with van der Waals surface area (Å²) in [5.41, 5.74) is 0.935. The van der Waals surface area contributed by atoms with Crippen molar-refractivity contribution in [2.24, 2.45) is 0 Å². The molecule has 0 aliphatic carbocycles. The smallest absolute Gasteiger partial charge is 0.266 e. The first kappa shape index (κ1) is 22.0. The molecule has 0 saturated heterocycles. The topological polar surface area (TPSA) is 82.4 Å². The second-order valence-electron chi connectivity index (χ2n) is 6.75. The van der Waals surface area contributed by atoms with E-state index in [-0.39, 0.29) is 30.4 Å². The van der Waals surface area contributed by atoms with E-state index in [1.54, 1.807) is 43.3 Å². The van der Waals surface area contributed by atoms with Crippen LogP contribution >= 0.6 is 0 Å². The standard InChI is InChI=1S/C23H24FN3O4/c1-3-30-19-5-4-6-20(15-19)31-16(2)23(29)25-13-14-27-22(28)12-11-21(26-27)17-7-9-18(24)10-8-17/h4-12,15-16H,3,13-14H2,1-2H3,(H,25,29). The van der Waals surface area contributed by atoms with E-state index in [1.165, 1.54) is 22.9 Å². The van der Waals surface area contributed by atoms with Crippen molar-refractivity contribution in [2.45, 2.75) is 26.5 Å². The molecule has 0 aliphatic rings. The number of halogens is 1. The molecule has 0 radical (unpaired) electrons. The first-order valence-corrected chi connectivity index (χ1v) is 9.97. The number of hydrogen-bond acceptors (Lipinski definition) is 5. The van der Waals surface area contributed by atoms with Crippen molar-refractivity contribution >= 4 is 5.91 Å². The van der Waals surface area contributed by atoms with Gasteiger partial charge >= 0.3 is 0 Å². The second kappa shape index (κ2) is 10.4. The molecule has 1 amide bonds.